The molecule has 0 spiro atoms. The zero-order valence-corrected chi connectivity index (χ0v) is 17.2. The standard InChI is InChI=1S/C21H19Cl2FN2O2/c1-12-7-18(13(2)6-15(12)22)25-21-9-19(27)20(28-3)11-26(21)10-14-4-5-17(24)16(23)8-14/h4-9,11,25H,10H2,1-3H3. The Balaban J connectivity index is 2.04. The molecular formula is C21H19Cl2FN2O2. The first-order chi connectivity index (χ1) is 13.3. The fourth-order valence-corrected chi connectivity index (χ4v) is 3.25. The molecule has 4 nitrogen and oxygen atoms in total. The molecule has 1 aromatic heterocycles. The number of methoxy groups -OCH3 is 1. The van der Waals surface area contributed by atoms with Crippen LogP contribution in [0.5, 0.6) is 5.75 Å². The van der Waals surface area contributed by atoms with Gasteiger partial charge in [-0.15, -0.1) is 0 Å². The highest BCUT2D eigenvalue weighted by molar-refractivity contribution is 6.31. The zero-order valence-electron chi connectivity index (χ0n) is 15.6. The van der Waals surface area contributed by atoms with E-state index < -0.39 is 5.82 Å². The van der Waals surface area contributed by atoms with Crippen molar-refractivity contribution in [2.45, 2.75) is 20.4 Å². The summed E-state index contributed by atoms with van der Waals surface area (Å²) in [7, 11) is 1.44. The quantitative estimate of drug-likeness (QED) is 0.574. The lowest BCUT2D eigenvalue weighted by Gasteiger charge is -2.18. The lowest BCUT2D eigenvalue weighted by Crippen LogP contribution is -2.14. The topological polar surface area (TPSA) is 43.3 Å². The van der Waals surface area contributed by atoms with Gasteiger partial charge in [-0.1, -0.05) is 29.3 Å². The van der Waals surface area contributed by atoms with E-state index in [1.165, 1.54) is 19.2 Å². The number of ether oxygens (including phenoxy) is 1. The molecule has 0 saturated carbocycles. The van der Waals surface area contributed by atoms with E-state index in [9.17, 15) is 9.18 Å². The summed E-state index contributed by atoms with van der Waals surface area (Å²) in [6.45, 7) is 4.21. The molecule has 1 N–H and O–H groups in total. The molecule has 2 aromatic carbocycles. The van der Waals surface area contributed by atoms with Gasteiger partial charge in [0.05, 0.1) is 18.3 Å². The van der Waals surface area contributed by atoms with Crippen molar-refractivity contribution in [1.29, 1.82) is 0 Å². The molecule has 0 aliphatic heterocycles. The van der Waals surface area contributed by atoms with Crippen LogP contribution in [0, 0.1) is 19.7 Å². The molecule has 3 rings (SSSR count). The number of nitrogens with zero attached hydrogens (tertiary/aromatic N) is 1. The molecule has 7 heteroatoms. The average molecular weight is 421 g/mol. The van der Waals surface area contributed by atoms with Gasteiger partial charge >= 0.3 is 0 Å². The number of hydrogen-bond acceptors (Lipinski definition) is 3. The zero-order chi connectivity index (χ0) is 20.4. The minimum atomic E-state index is -0.478. The predicted octanol–water partition coefficient (Wildman–Crippen LogP) is 5.71. The molecule has 0 atom stereocenters. The van der Waals surface area contributed by atoms with Crippen molar-refractivity contribution in [2.24, 2.45) is 0 Å². The molecule has 0 bridgehead atoms. The van der Waals surface area contributed by atoms with Crippen molar-refractivity contribution in [2.75, 3.05) is 12.4 Å². The molecular weight excluding hydrogens is 402 g/mol. The third-order valence-electron chi connectivity index (χ3n) is 4.42. The Hall–Kier alpha value is -2.50. The minimum Gasteiger partial charge on any atom is -0.491 e. The molecule has 0 fully saturated rings. The van der Waals surface area contributed by atoms with Crippen LogP contribution < -0.4 is 15.5 Å². The number of aryl methyl sites for hydroxylation is 2. The summed E-state index contributed by atoms with van der Waals surface area (Å²) in [4.78, 5) is 12.3. The summed E-state index contributed by atoms with van der Waals surface area (Å²) >= 11 is 12.1. The van der Waals surface area contributed by atoms with Crippen LogP contribution in [0.4, 0.5) is 15.9 Å². The minimum absolute atomic E-state index is 0.0455. The van der Waals surface area contributed by atoms with Crippen LogP contribution in [0.3, 0.4) is 0 Å². The highest BCUT2D eigenvalue weighted by atomic mass is 35.5. The monoisotopic (exact) mass is 420 g/mol. The van der Waals surface area contributed by atoms with E-state index in [2.05, 4.69) is 5.32 Å². The van der Waals surface area contributed by atoms with Crippen LogP contribution in [0.2, 0.25) is 10.0 Å². The number of halogens is 3. The van der Waals surface area contributed by atoms with Gasteiger partial charge in [-0.25, -0.2) is 4.39 Å². The van der Waals surface area contributed by atoms with Crippen molar-refractivity contribution in [1.82, 2.24) is 4.57 Å². The Kier molecular flexibility index (Phi) is 5.96. The summed E-state index contributed by atoms with van der Waals surface area (Å²) in [6.07, 6.45) is 1.61. The summed E-state index contributed by atoms with van der Waals surface area (Å²) in [5.41, 5.74) is 3.22. The van der Waals surface area contributed by atoms with Gasteiger partial charge in [0.25, 0.3) is 0 Å². The number of rotatable bonds is 5. The van der Waals surface area contributed by atoms with E-state index in [1.54, 1.807) is 18.3 Å². The van der Waals surface area contributed by atoms with E-state index in [1.807, 2.05) is 30.5 Å². The van der Waals surface area contributed by atoms with Crippen LogP contribution in [0.25, 0.3) is 0 Å². The molecule has 0 aliphatic rings. The Morgan fingerprint density at radius 2 is 1.82 bits per heavy atom. The molecule has 0 unspecified atom stereocenters. The van der Waals surface area contributed by atoms with Crippen molar-refractivity contribution in [3.8, 4) is 5.75 Å². The summed E-state index contributed by atoms with van der Waals surface area (Å²) in [5, 5.41) is 4.01. The van der Waals surface area contributed by atoms with Crippen LogP contribution >= 0.6 is 23.2 Å². The van der Waals surface area contributed by atoms with Gasteiger partial charge in [-0.3, -0.25) is 4.79 Å². The summed E-state index contributed by atoms with van der Waals surface area (Å²) < 4.78 is 20.4. The third kappa shape index (κ3) is 4.32. The first-order valence-electron chi connectivity index (χ1n) is 8.54. The second-order valence-electron chi connectivity index (χ2n) is 6.51. The van der Waals surface area contributed by atoms with Crippen LogP contribution in [-0.4, -0.2) is 11.7 Å². The largest absolute Gasteiger partial charge is 0.491 e. The number of benzene rings is 2. The second-order valence-corrected chi connectivity index (χ2v) is 7.32. The van der Waals surface area contributed by atoms with Gasteiger partial charge in [-0.2, -0.15) is 0 Å². The van der Waals surface area contributed by atoms with E-state index in [0.717, 1.165) is 22.4 Å². The van der Waals surface area contributed by atoms with E-state index in [0.29, 0.717) is 17.4 Å². The molecule has 0 saturated heterocycles. The fourth-order valence-electron chi connectivity index (χ4n) is 2.83. The van der Waals surface area contributed by atoms with Crippen LogP contribution in [0.1, 0.15) is 16.7 Å². The number of nitrogens with one attached hydrogen (secondary N) is 1. The SMILES string of the molecule is COc1cn(Cc2ccc(F)c(Cl)c2)c(Nc2cc(C)c(Cl)cc2C)cc1=O. The predicted molar refractivity (Wildman–Crippen MR) is 112 cm³/mol. The van der Waals surface area contributed by atoms with Gasteiger partial charge in [0, 0.05) is 23.3 Å². The van der Waals surface area contributed by atoms with Gasteiger partial charge in [0.2, 0.25) is 5.43 Å². The second kappa shape index (κ2) is 8.25. The van der Waals surface area contributed by atoms with Crippen molar-refractivity contribution in [3.05, 3.63) is 85.4 Å². The van der Waals surface area contributed by atoms with E-state index in [-0.39, 0.29) is 16.2 Å². The third-order valence-corrected chi connectivity index (χ3v) is 5.12. The Morgan fingerprint density at radius 3 is 2.50 bits per heavy atom. The van der Waals surface area contributed by atoms with Crippen LogP contribution in [0.15, 0.2) is 47.4 Å². The molecule has 146 valence electrons. The summed E-state index contributed by atoms with van der Waals surface area (Å²) in [5.74, 6) is 0.298. The maximum absolute atomic E-state index is 13.5. The molecule has 3 aromatic rings. The first-order valence-corrected chi connectivity index (χ1v) is 9.30. The van der Waals surface area contributed by atoms with Crippen molar-refractivity contribution >= 4 is 34.7 Å². The summed E-state index contributed by atoms with van der Waals surface area (Å²) in [6, 6.07) is 9.77. The average Bonchev–Trinajstić information content (AvgIpc) is 2.64. The van der Waals surface area contributed by atoms with Gasteiger partial charge < -0.3 is 14.6 Å². The number of pyridine rings is 1. The lowest BCUT2D eigenvalue weighted by molar-refractivity contribution is 0.406. The maximum atomic E-state index is 13.5. The highest BCUT2D eigenvalue weighted by Crippen LogP contribution is 2.27. The molecule has 1 heterocycles. The van der Waals surface area contributed by atoms with Crippen molar-refractivity contribution < 1.29 is 9.13 Å². The highest BCUT2D eigenvalue weighted by Gasteiger charge is 2.11. The Morgan fingerprint density at radius 1 is 1.07 bits per heavy atom. The van der Waals surface area contributed by atoms with E-state index >= 15 is 0 Å². The fraction of sp³-hybridized carbons (Fsp3) is 0.190. The lowest BCUT2D eigenvalue weighted by atomic mass is 10.1. The molecule has 0 radical (unpaired) electrons. The Bertz CT molecular complexity index is 1100. The van der Waals surface area contributed by atoms with Gasteiger partial charge in [0.15, 0.2) is 5.75 Å². The van der Waals surface area contributed by atoms with E-state index in [4.69, 9.17) is 27.9 Å². The molecule has 28 heavy (non-hydrogen) atoms. The van der Waals surface area contributed by atoms with Crippen molar-refractivity contribution in [3.63, 3.8) is 0 Å². The first kappa shape index (κ1) is 20.2. The maximum Gasteiger partial charge on any atom is 0.225 e. The van der Waals surface area contributed by atoms with Gasteiger partial charge in [0.1, 0.15) is 11.6 Å². The smallest absolute Gasteiger partial charge is 0.225 e. The normalized spacial score (nSPS) is 10.8. The number of aromatic nitrogens is 1. The molecule has 0 amide bonds. The number of hydrogen-bond donors (Lipinski definition) is 1. The Labute approximate surface area is 172 Å². The molecule has 0 aliphatic carbocycles. The van der Waals surface area contributed by atoms with Crippen LogP contribution in [-0.2, 0) is 6.54 Å². The number of anilines is 2. The van der Waals surface area contributed by atoms with Gasteiger partial charge in [-0.05, 0) is 54.8 Å².